The fourth-order valence-electron chi connectivity index (χ4n) is 2.88. The van der Waals surface area contributed by atoms with Gasteiger partial charge in [-0.15, -0.1) is 0 Å². The van der Waals surface area contributed by atoms with Crippen molar-refractivity contribution in [3.05, 3.63) is 16.4 Å². The summed E-state index contributed by atoms with van der Waals surface area (Å²) in [5.74, 6) is 0.942. The maximum absolute atomic E-state index is 11.0. The van der Waals surface area contributed by atoms with Crippen molar-refractivity contribution >= 4 is 17.3 Å². The van der Waals surface area contributed by atoms with E-state index in [0.29, 0.717) is 0 Å². The Morgan fingerprint density at radius 2 is 2.10 bits per heavy atom. The lowest BCUT2D eigenvalue weighted by molar-refractivity contribution is -0.383. The molecule has 7 heteroatoms. The molecule has 1 aromatic heterocycles. The average Bonchev–Trinajstić information content (AvgIpc) is 2.41. The van der Waals surface area contributed by atoms with Crippen LogP contribution in [0.4, 0.5) is 17.3 Å². The number of hydrogen-bond donors (Lipinski definition) is 2. The Bertz CT molecular complexity index is 472. The van der Waals surface area contributed by atoms with Gasteiger partial charge in [-0.25, -0.2) is 9.97 Å². The first kappa shape index (κ1) is 14.5. The first-order chi connectivity index (χ1) is 9.61. The maximum Gasteiger partial charge on any atom is 0.352 e. The molecule has 0 atom stereocenters. The highest BCUT2D eigenvalue weighted by Crippen LogP contribution is 2.32. The van der Waals surface area contributed by atoms with Gasteiger partial charge in [-0.05, 0) is 31.6 Å². The fraction of sp³-hybridized carbons (Fsp3) is 0.692. The Balaban J connectivity index is 2.01. The summed E-state index contributed by atoms with van der Waals surface area (Å²) in [7, 11) is 0. The van der Waals surface area contributed by atoms with Crippen LogP contribution in [0.3, 0.4) is 0 Å². The summed E-state index contributed by atoms with van der Waals surface area (Å²) in [6.45, 7) is 2.21. The number of nitrogen functional groups attached to an aromatic ring is 1. The van der Waals surface area contributed by atoms with Gasteiger partial charge in [0.15, 0.2) is 0 Å². The van der Waals surface area contributed by atoms with Gasteiger partial charge in [-0.2, -0.15) is 0 Å². The lowest BCUT2D eigenvalue weighted by Crippen LogP contribution is -2.27. The highest BCUT2D eigenvalue weighted by molar-refractivity contribution is 5.67. The molecule has 0 bridgehead atoms. The van der Waals surface area contributed by atoms with Crippen LogP contribution >= 0.6 is 0 Å². The minimum Gasteiger partial charge on any atom is -0.378 e. The van der Waals surface area contributed by atoms with Gasteiger partial charge in [0.25, 0.3) is 0 Å². The maximum atomic E-state index is 11.0. The number of nitro groups is 1. The number of anilines is 2. The number of nitrogens with zero attached hydrogens (tertiary/aromatic N) is 3. The topological polar surface area (TPSA) is 107 Å². The molecule has 0 radical (unpaired) electrons. The lowest BCUT2D eigenvalue weighted by Gasteiger charge is -2.29. The molecule has 0 aliphatic heterocycles. The monoisotopic (exact) mass is 279 g/mol. The molecule has 110 valence electrons. The van der Waals surface area contributed by atoms with E-state index in [1.807, 2.05) is 0 Å². The molecule has 2 rings (SSSR count). The molecule has 0 aromatic carbocycles. The van der Waals surface area contributed by atoms with Gasteiger partial charge in [0.2, 0.25) is 11.6 Å². The minimum absolute atomic E-state index is 0.0906. The summed E-state index contributed by atoms with van der Waals surface area (Å²) in [6.07, 6.45) is 8.12. The first-order valence-electron chi connectivity index (χ1n) is 7.13. The van der Waals surface area contributed by atoms with Crippen molar-refractivity contribution in [2.45, 2.75) is 51.5 Å². The molecule has 1 aliphatic rings. The molecule has 0 spiro atoms. The molecule has 7 nitrogen and oxygen atoms in total. The largest absolute Gasteiger partial charge is 0.378 e. The van der Waals surface area contributed by atoms with Crippen molar-refractivity contribution in [3.63, 3.8) is 0 Å². The second-order valence-corrected chi connectivity index (χ2v) is 5.36. The third-order valence-electron chi connectivity index (χ3n) is 3.92. The van der Waals surface area contributed by atoms with Gasteiger partial charge in [0, 0.05) is 6.04 Å². The molecule has 3 N–H and O–H groups in total. The molecule has 0 saturated heterocycles. The van der Waals surface area contributed by atoms with Gasteiger partial charge < -0.3 is 11.1 Å². The minimum atomic E-state index is -0.527. The molecule has 1 heterocycles. The van der Waals surface area contributed by atoms with Crippen molar-refractivity contribution in [2.75, 3.05) is 11.1 Å². The molecular weight excluding hydrogens is 258 g/mol. The zero-order valence-electron chi connectivity index (χ0n) is 11.7. The van der Waals surface area contributed by atoms with Crippen LogP contribution in [0.5, 0.6) is 0 Å². The van der Waals surface area contributed by atoms with Crippen LogP contribution in [0.1, 0.15) is 45.4 Å². The summed E-state index contributed by atoms with van der Waals surface area (Å²) < 4.78 is 0. The second-order valence-electron chi connectivity index (χ2n) is 5.36. The predicted octanol–water partition coefficient (Wildman–Crippen LogP) is 2.74. The van der Waals surface area contributed by atoms with Crippen molar-refractivity contribution in [1.29, 1.82) is 0 Å². The van der Waals surface area contributed by atoms with Crippen molar-refractivity contribution < 1.29 is 4.92 Å². The number of aromatic nitrogens is 2. The van der Waals surface area contributed by atoms with Crippen molar-refractivity contribution in [2.24, 2.45) is 5.92 Å². The Hall–Kier alpha value is -1.92. The van der Waals surface area contributed by atoms with E-state index >= 15 is 0 Å². The zero-order valence-corrected chi connectivity index (χ0v) is 11.7. The Kier molecular flexibility index (Phi) is 4.70. The van der Waals surface area contributed by atoms with Crippen LogP contribution in [0.25, 0.3) is 0 Å². The third-order valence-corrected chi connectivity index (χ3v) is 3.92. The summed E-state index contributed by atoms with van der Waals surface area (Å²) in [5, 5.41) is 14.2. The molecule has 20 heavy (non-hydrogen) atoms. The van der Waals surface area contributed by atoms with Crippen LogP contribution in [-0.2, 0) is 0 Å². The summed E-state index contributed by atoms with van der Waals surface area (Å²) >= 11 is 0. The second kappa shape index (κ2) is 6.49. The average molecular weight is 279 g/mol. The molecule has 1 fully saturated rings. The van der Waals surface area contributed by atoms with Crippen LogP contribution in [0.2, 0.25) is 0 Å². The normalized spacial score (nSPS) is 22.4. The van der Waals surface area contributed by atoms with E-state index in [9.17, 15) is 10.1 Å². The Morgan fingerprint density at radius 1 is 1.40 bits per heavy atom. The van der Waals surface area contributed by atoms with E-state index in [2.05, 4.69) is 22.2 Å². The van der Waals surface area contributed by atoms with E-state index in [-0.39, 0.29) is 23.4 Å². The summed E-state index contributed by atoms with van der Waals surface area (Å²) in [6, 6.07) is 0.233. The highest BCUT2D eigenvalue weighted by atomic mass is 16.6. The van der Waals surface area contributed by atoms with Crippen LogP contribution in [-0.4, -0.2) is 20.9 Å². The van der Waals surface area contributed by atoms with Crippen molar-refractivity contribution in [3.8, 4) is 0 Å². The van der Waals surface area contributed by atoms with Gasteiger partial charge in [0.05, 0.1) is 4.92 Å². The SMILES string of the molecule is CCCC1CCC(Nc2ncnc(N)c2[N+](=O)[O-])CC1. The van der Waals surface area contributed by atoms with Crippen LogP contribution in [0.15, 0.2) is 6.33 Å². The standard InChI is InChI=1S/C13H21N5O2/c1-2-3-9-4-6-10(7-5-9)17-13-11(18(19)20)12(14)15-8-16-13/h8-10H,2-7H2,1H3,(H3,14,15,16,17). The summed E-state index contributed by atoms with van der Waals surface area (Å²) in [5.41, 5.74) is 5.34. The third kappa shape index (κ3) is 3.34. The molecule has 0 amide bonds. The zero-order chi connectivity index (χ0) is 14.5. The first-order valence-corrected chi connectivity index (χ1v) is 7.13. The fourth-order valence-corrected chi connectivity index (χ4v) is 2.88. The van der Waals surface area contributed by atoms with Crippen LogP contribution in [0, 0.1) is 16.0 Å². The smallest absolute Gasteiger partial charge is 0.352 e. The molecular formula is C13H21N5O2. The van der Waals surface area contributed by atoms with E-state index < -0.39 is 4.92 Å². The molecule has 1 aliphatic carbocycles. The Morgan fingerprint density at radius 3 is 2.70 bits per heavy atom. The summed E-state index contributed by atoms with van der Waals surface area (Å²) in [4.78, 5) is 18.1. The number of rotatable bonds is 5. The quantitative estimate of drug-likeness (QED) is 0.634. The van der Waals surface area contributed by atoms with Crippen molar-refractivity contribution in [1.82, 2.24) is 9.97 Å². The van der Waals surface area contributed by atoms with Crippen LogP contribution < -0.4 is 11.1 Å². The number of nitrogens with one attached hydrogen (secondary N) is 1. The van der Waals surface area contributed by atoms with E-state index in [4.69, 9.17) is 5.73 Å². The molecule has 1 saturated carbocycles. The lowest BCUT2D eigenvalue weighted by atomic mass is 9.83. The number of nitrogens with two attached hydrogens (primary N) is 1. The van der Waals surface area contributed by atoms with Gasteiger partial charge >= 0.3 is 5.69 Å². The predicted molar refractivity (Wildman–Crippen MR) is 77.4 cm³/mol. The highest BCUT2D eigenvalue weighted by Gasteiger charge is 2.26. The van der Waals surface area contributed by atoms with Gasteiger partial charge in [-0.3, -0.25) is 10.1 Å². The molecule has 0 unspecified atom stereocenters. The molecule has 1 aromatic rings. The Labute approximate surface area is 118 Å². The van der Waals surface area contributed by atoms with Gasteiger partial charge in [0.1, 0.15) is 6.33 Å². The van der Waals surface area contributed by atoms with E-state index in [1.165, 1.54) is 32.0 Å². The van der Waals surface area contributed by atoms with E-state index in [0.717, 1.165) is 18.8 Å². The van der Waals surface area contributed by atoms with Gasteiger partial charge in [-0.1, -0.05) is 19.8 Å². The van der Waals surface area contributed by atoms with E-state index in [1.54, 1.807) is 0 Å². The number of hydrogen-bond acceptors (Lipinski definition) is 6.